The van der Waals surface area contributed by atoms with Crippen LogP contribution >= 0.6 is 11.3 Å². The van der Waals surface area contributed by atoms with E-state index in [9.17, 15) is 14.9 Å². The van der Waals surface area contributed by atoms with Crippen LogP contribution < -0.4 is 10.1 Å². The zero-order valence-electron chi connectivity index (χ0n) is 13.9. The van der Waals surface area contributed by atoms with Gasteiger partial charge in [0.2, 0.25) is 5.13 Å². The van der Waals surface area contributed by atoms with Crippen molar-refractivity contribution in [2.75, 3.05) is 12.4 Å². The molecule has 9 heteroatoms. The number of aromatic nitrogens is 2. The average Bonchev–Trinajstić information content (AvgIpc) is 3.09. The Balaban J connectivity index is 1.75. The van der Waals surface area contributed by atoms with Crippen molar-refractivity contribution >= 4 is 28.1 Å². The Kier molecular flexibility index (Phi) is 4.90. The van der Waals surface area contributed by atoms with Gasteiger partial charge in [-0.15, -0.1) is 10.2 Å². The molecule has 1 heterocycles. The highest BCUT2D eigenvalue weighted by atomic mass is 32.1. The van der Waals surface area contributed by atoms with Gasteiger partial charge in [0.05, 0.1) is 12.0 Å². The van der Waals surface area contributed by atoms with E-state index in [-0.39, 0.29) is 5.69 Å². The largest absolute Gasteiger partial charge is 0.497 e. The highest BCUT2D eigenvalue weighted by Gasteiger charge is 2.15. The Bertz CT molecular complexity index is 969. The Labute approximate surface area is 152 Å². The number of rotatable bonds is 5. The number of carbonyl (C=O) groups is 1. The minimum atomic E-state index is -0.483. The van der Waals surface area contributed by atoms with E-state index in [4.69, 9.17) is 4.74 Å². The fourth-order valence-electron chi connectivity index (χ4n) is 2.29. The quantitative estimate of drug-likeness (QED) is 0.542. The normalized spacial score (nSPS) is 10.4. The lowest BCUT2D eigenvalue weighted by molar-refractivity contribution is -0.385. The molecule has 0 radical (unpaired) electrons. The first-order chi connectivity index (χ1) is 12.5. The van der Waals surface area contributed by atoms with Crippen molar-refractivity contribution in [3.63, 3.8) is 0 Å². The minimum Gasteiger partial charge on any atom is -0.497 e. The van der Waals surface area contributed by atoms with Gasteiger partial charge in [0.15, 0.2) is 0 Å². The number of aryl methyl sites for hydroxylation is 1. The fraction of sp³-hybridized carbons (Fsp3) is 0.118. The van der Waals surface area contributed by atoms with Crippen LogP contribution in [0.1, 0.15) is 15.9 Å². The Hall–Kier alpha value is -3.33. The SMILES string of the molecule is COc1ccc(-c2nnc(NC(=O)c3ccc([N+](=O)[O-])c(C)c3)s2)cc1. The minimum absolute atomic E-state index is 0.0285. The molecule has 26 heavy (non-hydrogen) atoms. The van der Waals surface area contributed by atoms with Gasteiger partial charge >= 0.3 is 0 Å². The highest BCUT2D eigenvalue weighted by Crippen LogP contribution is 2.28. The van der Waals surface area contributed by atoms with Gasteiger partial charge in [0, 0.05) is 22.8 Å². The maximum atomic E-state index is 12.3. The van der Waals surface area contributed by atoms with E-state index in [1.165, 1.54) is 29.5 Å². The van der Waals surface area contributed by atoms with Gasteiger partial charge in [-0.05, 0) is 43.3 Å². The van der Waals surface area contributed by atoms with Gasteiger partial charge in [-0.25, -0.2) is 0 Å². The van der Waals surface area contributed by atoms with Crippen LogP contribution in [0.3, 0.4) is 0 Å². The van der Waals surface area contributed by atoms with Crippen LogP contribution in [0.25, 0.3) is 10.6 Å². The Morgan fingerprint density at radius 2 is 1.92 bits per heavy atom. The molecule has 0 saturated heterocycles. The van der Waals surface area contributed by atoms with Gasteiger partial charge in [-0.1, -0.05) is 11.3 Å². The molecule has 0 atom stereocenters. The van der Waals surface area contributed by atoms with Crippen LogP contribution in [-0.2, 0) is 0 Å². The van der Waals surface area contributed by atoms with Gasteiger partial charge in [0.25, 0.3) is 11.6 Å². The average molecular weight is 370 g/mol. The Morgan fingerprint density at radius 3 is 2.54 bits per heavy atom. The number of anilines is 1. The van der Waals surface area contributed by atoms with Crippen LogP contribution in [0.5, 0.6) is 5.75 Å². The number of carbonyl (C=O) groups excluding carboxylic acids is 1. The summed E-state index contributed by atoms with van der Waals surface area (Å²) in [7, 11) is 1.59. The number of nitro benzene ring substituents is 1. The summed E-state index contributed by atoms with van der Waals surface area (Å²) in [5, 5.41) is 22.5. The summed E-state index contributed by atoms with van der Waals surface area (Å²) in [6, 6.07) is 11.5. The number of methoxy groups -OCH3 is 1. The van der Waals surface area contributed by atoms with E-state index < -0.39 is 10.8 Å². The molecule has 0 spiro atoms. The molecule has 0 aliphatic carbocycles. The number of hydrogen-bond donors (Lipinski definition) is 1. The smallest absolute Gasteiger partial charge is 0.272 e. The zero-order chi connectivity index (χ0) is 18.7. The summed E-state index contributed by atoms with van der Waals surface area (Å²) in [6.07, 6.45) is 0. The first kappa shape index (κ1) is 17.5. The third-order valence-electron chi connectivity index (χ3n) is 3.64. The third kappa shape index (κ3) is 3.67. The number of amides is 1. The molecule has 0 aliphatic rings. The molecule has 8 nitrogen and oxygen atoms in total. The van der Waals surface area contributed by atoms with E-state index in [2.05, 4.69) is 15.5 Å². The third-order valence-corrected chi connectivity index (χ3v) is 4.53. The molecule has 3 aromatic rings. The summed E-state index contributed by atoms with van der Waals surface area (Å²) < 4.78 is 5.11. The summed E-state index contributed by atoms with van der Waals surface area (Å²) >= 11 is 1.23. The van der Waals surface area contributed by atoms with Crippen molar-refractivity contribution in [3.8, 4) is 16.3 Å². The van der Waals surface area contributed by atoms with Crippen molar-refractivity contribution in [1.29, 1.82) is 0 Å². The highest BCUT2D eigenvalue weighted by molar-refractivity contribution is 7.18. The maximum Gasteiger partial charge on any atom is 0.272 e. The molecule has 0 fully saturated rings. The van der Waals surface area contributed by atoms with Crippen LogP contribution in [0, 0.1) is 17.0 Å². The van der Waals surface area contributed by atoms with Gasteiger partial charge in [0.1, 0.15) is 10.8 Å². The molecular formula is C17H14N4O4S. The lowest BCUT2D eigenvalue weighted by Gasteiger charge is -2.03. The topological polar surface area (TPSA) is 107 Å². The molecule has 2 aromatic carbocycles. The molecule has 0 saturated carbocycles. The van der Waals surface area contributed by atoms with Crippen molar-refractivity contribution in [2.24, 2.45) is 0 Å². The number of nitro groups is 1. The standard InChI is InChI=1S/C17H14N4O4S/c1-10-9-12(5-8-14(10)21(23)24)15(22)18-17-20-19-16(26-17)11-3-6-13(25-2)7-4-11/h3-9H,1-2H3,(H,18,20,22). The summed E-state index contributed by atoms with van der Waals surface area (Å²) in [5.41, 5.74) is 1.56. The van der Waals surface area contributed by atoms with Crippen LogP contribution in [0.2, 0.25) is 0 Å². The van der Waals surface area contributed by atoms with Gasteiger partial charge < -0.3 is 4.74 Å². The van der Waals surface area contributed by atoms with Crippen molar-refractivity contribution in [1.82, 2.24) is 10.2 Å². The van der Waals surface area contributed by atoms with Gasteiger partial charge in [-0.3, -0.25) is 20.2 Å². The van der Waals surface area contributed by atoms with Crippen LogP contribution in [0.4, 0.5) is 10.8 Å². The molecular weight excluding hydrogens is 356 g/mol. The predicted octanol–water partition coefficient (Wildman–Crippen LogP) is 3.68. The number of nitrogens with zero attached hydrogens (tertiary/aromatic N) is 3. The number of nitrogens with one attached hydrogen (secondary N) is 1. The fourth-order valence-corrected chi connectivity index (χ4v) is 3.04. The zero-order valence-corrected chi connectivity index (χ0v) is 14.7. The molecule has 1 aromatic heterocycles. The maximum absolute atomic E-state index is 12.3. The second-order valence-electron chi connectivity index (χ2n) is 5.35. The van der Waals surface area contributed by atoms with Crippen molar-refractivity contribution < 1.29 is 14.5 Å². The lowest BCUT2D eigenvalue weighted by Crippen LogP contribution is -2.12. The molecule has 0 unspecified atom stereocenters. The summed E-state index contributed by atoms with van der Waals surface area (Å²) in [4.78, 5) is 22.7. The van der Waals surface area contributed by atoms with Crippen LogP contribution in [0.15, 0.2) is 42.5 Å². The number of ether oxygens (including phenoxy) is 1. The summed E-state index contributed by atoms with van der Waals surface area (Å²) in [6.45, 7) is 1.58. The second-order valence-corrected chi connectivity index (χ2v) is 6.33. The van der Waals surface area contributed by atoms with Crippen molar-refractivity contribution in [3.05, 3.63) is 63.7 Å². The molecule has 1 N–H and O–H groups in total. The van der Waals surface area contributed by atoms with Crippen LogP contribution in [-0.4, -0.2) is 28.1 Å². The van der Waals surface area contributed by atoms with E-state index >= 15 is 0 Å². The van der Waals surface area contributed by atoms with E-state index in [1.54, 1.807) is 14.0 Å². The molecule has 132 valence electrons. The van der Waals surface area contributed by atoms with E-state index in [0.717, 1.165) is 11.3 Å². The molecule has 0 aliphatic heterocycles. The molecule has 1 amide bonds. The first-order valence-corrected chi connectivity index (χ1v) is 8.34. The first-order valence-electron chi connectivity index (χ1n) is 7.52. The van der Waals surface area contributed by atoms with E-state index in [1.807, 2.05) is 24.3 Å². The van der Waals surface area contributed by atoms with E-state index in [0.29, 0.717) is 21.3 Å². The number of hydrogen-bond acceptors (Lipinski definition) is 7. The monoisotopic (exact) mass is 370 g/mol. The predicted molar refractivity (Wildman–Crippen MR) is 97.7 cm³/mol. The molecule has 3 rings (SSSR count). The Morgan fingerprint density at radius 1 is 1.19 bits per heavy atom. The second kappa shape index (κ2) is 7.28. The van der Waals surface area contributed by atoms with Crippen molar-refractivity contribution in [2.45, 2.75) is 6.92 Å². The number of benzene rings is 2. The lowest BCUT2D eigenvalue weighted by atomic mass is 10.1. The summed E-state index contributed by atoms with van der Waals surface area (Å²) in [5.74, 6) is 0.334. The molecule has 0 bridgehead atoms. The van der Waals surface area contributed by atoms with Gasteiger partial charge in [-0.2, -0.15) is 0 Å².